The summed E-state index contributed by atoms with van der Waals surface area (Å²) in [4.78, 5) is 23.9. The third-order valence-electron chi connectivity index (χ3n) is 2.84. The van der Waals surface area contributed by atoms with E-state index in [0.29, 0.717) is 11.1 Å². The molecule has 1 atom stereocenters. The van der Waals surface area contributed by atoms with Crippen LogP contribution in [0.15, 0.2) is 24.3 Å². The molecule has 1 aromatic carbocycles. The number of esters is 1. The molecule has 108 valence electrons. The highest BCUT2D eigenvalue weighted by molar-refractivity contribution is 7.80. The van der Waals surface area contributed by atoms with Crippen molar-refractivity contribution in [2.45, 2.75) is 19.9 Å². The number of nitrogens with two attached hydrogens (primary N) is 1. The molecule has 0 aliphatic rings. The van der Waals surface area contributed by atoms with Gasteiger partial charge in [0.25, 0.3) is 5.91 Å². The summed E-state index contributed by atoms with van der Waals surface area (Å²) in [5.41, 5.74) is 6.60. The van der Waals surface area contributed by atoms with Gasteiger partial charge in [-0.05, 0) is 18.1 Å². The van der Waals surface area contributed by atoms with Crippen molar-refractivity contribution in [3.63, 3.8) is 0 Å². The van der Waals surface area contributed by atoms with Gasteiger partial charge >= 0.3 is 5.97 Å². The second-order valence-corrected chi connectivity index (χ2v) is 5.10. The molecular weight excluding hydrogens is 276 g/mol. The summed E-state index contributed by atoms with van der Waals surface area (Å²) in [6, 6.07) is 5.87. The van der Waals surface area contributed by atoms with Crippen molar-refractivity contribution < 1.29 is 14.3 Å². The molecule has 0 radical (unpaired) electrons. The highest BCUT2D eigenvalue weighted by atomic mass is 32.1. The van der Waals surface area contributed by atoms with E-state index in [9.17, 15) is 9.59 Å². The number of hydrogen-bond acceptors (Lipinski definition) is 4. The van der Waals surface area contributed by atoms with Gasteiger partial charge in [0.1, 0.15) is 11.0 Å². The number of ether oxygens (including phenoxy) is 1. The second kappa shape index (κ2) is 7.00. The quantitative estimate of drug-likeness (QED) is 0.631. The first-order valence-corrected chi connectivity index (χ1v) is 6.56. The van der Waals surface area contributed by atoms with Gasteiger partial charge in [-0.15, -0.1) is 0 Å². The molecule has 0 saturated carbocycles. The van der Waals surface area contributed by atoms with E-state index in [0.717, 1.165) is 0 Å². The molecule has 0 aliphatic carbocycles. The summed E-state index contributed by atoms with van der Waals surface area (Å²) in [7, 11) is 1.29. The van der Waals surface area contributed by atoms with Gasteiger partial charge in [0.05, 0.1) is 7.11 Å². The number of thiocarbonyl (C=S) groups is 1. The van der Waals surface area contributed by atoms with Crippen molar-refractivity contribution in [1.82, 2.24) is 5.32 Å². The largest absolute Gasteiger partial charge is 0.467 e. The zero-order valence-corrected chi connectivity index (χ0v) is 12.5. The first-order valence-electron chi connectivity index (χ1n) is 6.15. The molecule has 6 heteroatoms. The van der Waals surface area contributed by atoms with Crippen molar-refractivity contribution in [3.05, 3.63) is 35.4 Å². The molecule has 1 amide bonds. The Morgan fingerprint density at radius 1 is 1.20 bits per heavy atom. The topological polar surface area (TPSA) is 81.4 Å². The zero-order chi connectivity index (χ0) is 15.3. The normalized spacial score (nSPS) is 11.8. The summed E-state index contributed by atoms with van der Waals surface area (Å²) in [6.07, 6.45) is 0. The summed E-state index contributed by atoms with van der Waals surface area (Å²) < 4.78 is 4.67. The average Bonchev–Trinajstić information content (AvgIpc) is 2.43. The number of carbonyl (C=O) groups excluding carboxylic acids is 2. The van der Waals surface area contributed by atoms with Crippen LogP contribution in [0.1, 0.15) is 29.8 Å². The fourth-order valence-corrected chi connectivity index (χ4v) is 1.77. The molecular formula is C14H18N2O3S. The Morgan fingerprint density at radius 3 is 2.10 bits per heavy atom. The fourth-order valence-electron chi connectivity index (χ4n) is 1.64. The van der Waals surface area contributed by atoms with E-state index in [1.807, 2.05) is 13.8 Å². The maximum atomic E-state index is 12.1. The van der Waals surface area contributed by atoms with Gasteiger partial charge < -0.3 is 15.8 Å². The van der Waals surface area contributed by atoms with E-state index < -0.39 is 12.0 Å². The number of hydrogen-bond donors (Lipinski definition) is 2. The van der Waals surface area contributed by atoms with Crippen LogP contribution in [0, 0.1) is 5.92 Å². The number of benzene rings is 1. The Kier molecular flexibility index (Phi) is 5.64. The van der Waals surface area contributed by atoms with Gasteiger partial charge in [0.15, 0.2) is 0 Å². The lowest BCUT2D eigenvalue weighted by Crippen LogP contribution is -2.45. The van der Waals surface area contributed by atoms with Crippen LogP contribution in [0.4, 0.5) is 0 Å². The Balaban J connectivity index is 2.84. The molecule has 0 aromatic heterocycles. The molecule has 20 heavy (non-hydrogen) atoms. The SMILES string of the molecule is COC(=O)C(NC(=O)c1ccc(C(N)=S)cc1)C(C)C. The van der Waals surface area contributed by atoms with Gasteiger partial charge in [-0.3, -0.25) is 4.79 Å². The monoisotopic (exact) mass is 294 g/mol. The highest BCUT2D eigenvalue weighted by Crippen LogP contribution is 2.08. The molecule has 5 nitrogen and oxygen atoms in total. The smallest absolute Gasteiger partial charge is 0.328 e. The minimum Gasteiger partial charge on any atom is -0.467 e. The number of rotatable bonds is 5. The summed E-state index contributed by atoms with van der Waals surface area (Å²) in [5.74, 6) is -0.876. The number of carbonyl (C=O) groups is 2. The van der Waals surface area contributed by atoms with Crippen molar-refractivity contribution in [1.29, 1.82) is 0 Å². The Bertz CT molecular complexity index is 512. The lowest BCUT2D eigenvalue weighted by molar-refractivity contribution is -0.144. The molecule has 0 heterocycles. The lowest BCUT2D eigenvalue weighted by Gasteiger charge is -2.19. The Hall–Kier alpha value is -1.95. The minimum atomic E-state index is -0.678. The molecule has 0 spiro atoms. The van der Waals surface area contributed by atoms with Gasteiger partial charge in [-0.1, -0.05) is 38.2 Å². The van der Waals surface area contributed by atoms with E-state index >= 15 is 0 Å². The molecule has 0 bridgehead atoms. The highest BCUT2D eigenvalue weighted by Gasteiger charge is 2.25. The predicted octanol–water partition coefficient (Wildman–Crippen LogP) is 1.25. The minimum absolute atomic E-state index is 0.0673. The van der Waals surface area contributed by atoms with E-state index in [1.165, 1.54) is 7.11 Å². The van der Waals surface area contributed by atoms with Crippen LogP contribution in [0.2, 0.25) is 0 Å². The van der Waals surface area contributed by atoms with Crippen LogP contribution in [0.5, 0.6) is 0 Å². The third-order valence-corrected chi connectivity index (χ3v) is 3.08. The van der Waals surface area contributed by atoms with Crippen molar-refractivity contribution in [2.75, 3.05) is 7.11 Å². The zero-order valence-electron chi connectivity index (χ0n) is 11.7. The second-order valence-electron chi connectivity index (χ2n) is 4.66. The third kappa shape index (κ3) is 4.03. The first kappa shape index (κ1) is 16.1. The van der Waals surface area contributed by atoms with Crippen LogP contribution < -0.4 is 11.1 Å². The Morgan fingerprint density at radius 2 is 1.70 bits per heavy atom. The standard InChI is InChI=1S/C14H18N2O3S/c1-8(2)11(14(18)19-3)16-13(17)10-6-4-9(5-7-10)12(15)20/h4-8,11H,1-3H3,(H2,15,20)(H,16,17). The van der Waals surface area contributed by atoms with Crippen LogP contribution >= 0.6 is 12.2 Å². The number of methoxy groups -OCH3 is 1. The maximum Gasteiger partial charge on any atom is 0.328 e. The average molecular weight is 294 g/mol. The van der Waals surface area contributed by atoms with E-state index in [-0.39, 0.29) is 16.8 Å². The Labute approximate surface area is 123 Å². The van der Waals surface area contributed by atoms with E-state index in [1.54, 1.807) is 24.3 Å². The number of nitrogens with one attached hydrogen (secondary N) is 1. The van der Waals surface area contributed by atoms with Crippen molar-refractivity contribution >= 4 is 29.1 Å². The summed E-state index contributed by atoms with van der Waals surface area (Å²) in [6.45, 7) is 3.66. The molecule has 0 saturated heterocycles. The lowest BCUT2D eigenvalue weighted by atomic mass is 10.0. The molecule has 1 aromatic rings. The van der Waals surface area contributed by atoms with Crippen LogP contribution in [0.25, 0.3) is 0 Å². The molecule has 0 fully saturated rings. The van der Waals surface area contributed by atoms with Crippen LogP contribution in [-0.4, -0.2) is 30.0 Å². The van der Waals surface area contributed by atoms with Crippen molar-refractivity contribution in [3.8, 4) is 0 Å². The molecule has 1 rings (SSSR count). The van der Waals surface area contributed by atoms with Gasteiger partial charge in [-0.25, -0.2) is 4.79 Å². The van der Waals surface area contributed by atoms with E-state index in [2.05, 4.69) is 10.1 Å². The van der Waals surface area contributed by atoms with Crippen molar-refractivity contribution in [2.24, 2.45) is 11.7 Å². The van der Waals surface area contributed by atoms with Crippen LogP contribution in [0.3, 0.4) is 0 Å². The summed E-state index contributed by atoms with van der Waals surface area (Å²) >= 11 is 4.84. The van der Waals surface area contributed by atoms with Gasteiger partial charge in [0.2, 0.25) is 0 Å². The summed E-state index contributed by atoms with van der Waals surface area (Å²) in [5, 5.41) is 2.65. The molecule has 3 N–H and O–H groups in total. The first-order chi connectivity index (χ1) is 9.36. The van der Waals surface area contributed by atoms with E-state index in [4.69, 9.17) is 18.0 Å². The predicted molar refractivity (Wildman–Crippen MR) is 80.4 cm³/mol. The van der Waals surface area contributed by atoms with Crippen LogP contribution in [-0.2, 0) is 9.53 Å². The van der Waals surface area contributed by atoms with Gasteiger partial charge in [-0.2, -0.15) is 0 Å². The molecule has 0 aliphatic heterocycles. The molecule has 1 unspecified atom stereocenters. The van der Waals surface area contributed by atoms with Gasteiger partial charge in [0, 0.05) is 11.1 Å². The number of amides is 1. The maximum absolute atomic E-state index is 12.1. The fraction of sp³-hybridized carbons (Fsp3) is 0.357.